The third kappa shape index (κ3) is 3.43. The van der Waals surface area contributed by atoms with Crippen LogP contribution >= 0.6 is 0 Å². The molecule has 156 valence electrons. The molecule has 0 saturated heterocycles. The molecule has 9 heteroatoms. The van der Waals surface area contributed by atoms with Crippen LogP contribution in [0.15, 0.2) is 36.9 Å². The molecule has 4 aromatic rings. The Bertz CT molecular complexity index is 1210. The third-order valence-electron chi connectivity index (χ3n) is 4.82. The molecule has 30 heavy (non-hydrogen) atoms. The molecule has 0 amide bonds. The summed E-state index contributed by atoms with van der Waals surface area (Å²) in [5.74, 6) is 1.00. The Kier molecular flexibility index (Phi) is 5.04. The first-order chi connectivity index (χ1) is 14.4. The highest BCUT2D eigenvalue weighted by Gasteiger charge is 2.17. The van der Waals surface area contributed by atoms with Gasteiger partial charge in [0.1, 0.15) is 0 Å². The first-order valence-electron chi connectivity index (χ1n) is 9.42. The van der Waals surface area contributed by atoms with E-state index in [4.69, 9.17) is 14.5 Å². The number of ether oxygens (including phenoxy) is 2. The van der Waals surface area contributed by atoms with Gasteiger partial charge in [-0.1, -0.05) is 0 Å². The van der Waals surface area contributed by atoms with Crippen LogP contribution < -0.4 is 9.47 Å². The highest BCUT2D eigenvalue weighted by Crippen LogP contribution is 2.35. The van der Waals surface area contributed by atoms with Gasteiger partial charge in [-0.2, -0.15) is 5.10 Å². The van der Waals surface area contributed by atoms with Crippen molar-refractivity contribution in [2.45, 2.75) is 26.5 Å². The molecule has 0 aliphatic carbocycles. The van der Waals surface area contributed by atoms with Crippen LogP contribution in [0.4, 0.5) is 0 Å². The molecule has 0 fully saturated rings. The number of rotatable bonds is 6. The molecular weight excluding hydrogens is 386 g/mol. The third-order valence-corrected chi connectivity index (χ3v) is 4.82. The predicted molar refractivity (Wildman–Crippen MR) is 111 cm³/mol. The number of aryl methyl sites for hydroxylation is 1. The molecule has 0 radical (unpaired) electrons. The maximum atomic E-state index is 10.8. The molecular formula is C21H23N5O4. The van der Waals surface area contributed by atoms with E-state index in [9.17, 15) is 10.2 Å². The summed E-state index contributed by atoms with van der Waals surface area (Å²) in [6, 6.07) is 3.71. The summed E-state index contributed by atoms with van der Waals surface area (Å²) in [6.45, 7) is 3.98. The van der Waals surface area contributed by atoms with Crippen LogP contribution in [-0.4, -0.2) is 54.9 Å². The van der Waals surface area contributed by atoms with Gasteiger partial charge in [0.15, 0.2) is 5.75 Å². The van der Waals surface area contributed by atoms with Gasteiger partial charge in [-0.25, -0.2) is 9.97 Å². The van der Waals surface area contributed by atoms with Crippen LogP contribution in [0.25, 0.3) is 27.8 Å². The molecule has 0 saturated carbocycles. The Morgan fingerprint density at radius 3 is 2.63 bits per heavy atom. The van der Waals surface area contributed by atoms with E-state index >= 15 is 0 Å². The van der Waals surface area contributed by atoms with Gasteiger partial charge < -0.3 is 19.7 Å². The summed E-state index contributed by atoms with van der Waals surface area (Å²) in [5.41, 5.74) is 3.67. The molecule has 0 bridgehead atoms. The van der Waals surface area contributed by atoms with Gasteiger partial charge >= 0.3 is 0 Å². The number of pyridine rings is 2. The number of aromatic hydroxyl groups is 1. The van der Waals surface area contributed by atoms with Crippen molar-refractivity contribution in [2.24, 2.45) is 0 Å². The van der Waals surface area contributed by atoms with Crippen LogP contribution in [0.1, 0.15) is 12.5 Å². The molecule has 0 aliphatic heterocycles. The molecule has 9 nitrogen and oxygen atoms in total. The van der Waals surface area contributed by atoms with E-state index in [1.807, 2.05) is 19.1 Å². The smallest absolute Gasteiger partial charge is 0.256 e. The van der Waals surface area contributed by atoms with Gasteiger partial charge in [0, 0.05) is 24.2 Å². The zero-order chi connectivity index (χ0) is 21.4. The first kappa shape index (κ1) is 19.7. The van der Waals surface area contributed by atoms with Crippen molar-refractivity contribution in [2.75, 3.05) is 14.2 Å². The fourth-order valence-corrected chi connectivity index (χ4v) is 3.45. The molecule has 0 aliphatic rings. The van der Waals surface area contributed by atoms with Crippen LogP contribution in [0.3, 0.4) is 0 Å². The molecule has 4 aromatic heterocycles. The standard InChI is InChI=1S/C21H23N5O4/c1-12-5-16(14-6-18(29-3)20(30-4)22-7-14)24-17-11-26(21(28)19(12)17)15-8-23-25(10-15)9-13(2)27/h5-8,10-11,13,27-28H,9H2,1-4H3/t13-/m1/s1. The minimum atomic E-state index is -0.517. The van der Waals surface area contributed by atoms with Gasteiger partial charge in [0.25, 0.3) is 5.88 Å². The molecule has 0 spiro atoms. The predicted octanol–water partition coefficient (Wildman–Crippen LogP) is 2.70. The number of hydrogen-bond donors (Lipinski definition) is 2. The molecule has 4 rings (SSSR count). The lowest BCUT2D eigenvalue weighted by atomic mass is 10.1. The summed E-state index contributed by atoms with van der Waals surface area (Å²) in [7, 11) is 3.09. The number of methoxy groups -OCH3 is 2. The molecule has 0 aromatic carbocycles. The van der Waals surface area contributed by atoms with Crippen molar-refractivity contribution >= 4 is 10.9 Å². The first-order valence-corrected chi connectivity index (χ1v) is 9.42. The quantitative estimate of drug-likeness (QED) is 0.504. The number of nitrogens with zero attached hydrogens (tertiary/aromatic N) is 5. The SMILES string of the molecule is COc1cc(-c2cc(C)c3c(O)n(-c4cnn(C[C@@H](C)O)c4)cc3n2)cnc1OC. The average Bonchev–Trinajstić information content (AvgIpc) is 3.31. The van der Waals surface area contributed by atoms with Crippen molar-refractivity contribution in [1.82, 2.24) is 24.3 Å². The fourth-order valence-electron chi connectivity index (χ4n) is 3.45. The van der Waals surface area contributed by atoms with Gasteiger partial charge in [-0.3, -0.25) is 9.25 Å². The van der Waals surface area contributed by atoms with Crippen LogP contribution in [0.5, 0.6) is 17.5 Å². The molecule has 2 N–H and O–H groups in total. The largest absolute Gasteiger partial charge is 0.494 e. The Labute approximate surface area is 173 Å². The van der Waals surface area contributed by atoms with E-state index in [0.29, 0.717) is 40.5 Å². The van der Waals surface area contributed by atoms with Crippen molar-refractivity contribution in [3.63, 3.8) is 0 Å². The summed E-state index contributed by atoms with van der Waals surface area (Å²) in [6.07, 6.45) is 6.32. The van der Waals surface area contributed by atoms with Gasteiger partial charge in [0.2, 0.25) is 5.88 Å². The van der Waals surface area contributed by atoms with Crippen molar-refractivity contribution in [3.05, 3.63) is 42.5 Å². The number of fused-ring (bicyclic) bond motifs is 1. The van der Waals surface area contributed by atoms with Gasteiger partial charge in [-0.05, 0) is 31.5 Å². The lowest BCUT2D eigenvalue weighted by Crippen LogP contribution is -2.11. The zero-order valence-electron chi connectivity index (χ0n) is 17.2. The monoisotopic (exact) mass is 409 g/mol. The summed E-state index contributed by atoms with van der Waals surface area (Å²) < 4.78 is 13.8. The Balaban J connectivity index is 1.79. The van der Waals surface area contributed by atoms with Crippen LogP contribution in [-0.2, 0) is 6.54 Å². The van der Waals surface area contributed by atoms with E-state index in [1.54, 1.807) is 48.1 Å². The topological polar surface area (TPSA) is 107 Å². The summed E-state index contributed by atoms with van der Waals surface area (Å²) in [4.78, 5) is 8.99. The van der Waals surface area contributed by atoms with Crippen molar-refractivity contribution in [3.8, 4) is 34.5 Å². The van der Waals surface area contributed by atoms with Crippen LogP contribution in [0.2, 0.25) is 0 Å². The minimum absolute atomic E-state index is 0.0867. The van der Waals surface area contributed by atoms with Crippen molar-refractivity contribution in [1.29, 1.82) is 0 Å². The highest BCUT2D eigenvalue weighted by molar-refractivity contribution is 5.90. The second-order valence-electron chi connectivity index (χ2n) is 7.11. The normalized spacial score (nSPS) is 12.3. The second kappa shape index (κ2) is 7.68. The van der Waals surface area contributed by atoms with Gasteiger partial charge in [-0.15, -0.1) is 0 Å². The Morgan fingerprint density at radius 1 is 1.13 bits per heavy atom. The van der Waals surface area contributed by atoms with Gasteiger partial charge in [0.05, 0.1) is 55.3 Å². The second-order valence-corrected chi connectivity index (χ2v) is 7.11. The Morgan fingerprint density at radius 2 is 1.93 bits per heavy atom. The Hall–Kier alpha value is -3.59. The van der Waals surface area contributed by atoms with Crippen molar-refractivity contribution < 1.29 is 19.7 Å². The summed E-state index contributed by atoms with van der Waals surface area (Å²) in [5, 5.41) is 25.3. The number of aliphatic hydroxyl groups excluding tert-OH is 1. The van der Waals surface area contributed by atoms with E-state index < -0.39 is 6.10 Å². The maximum absolute atomic E-state index is 10.8. The van der Waals surface area contributed by atoms with E-state index in [0.717, 1.165) is 11.1 Å². The average molecular weight is 409 g/mol. The lowest BCUT2D eigenvalue weighted by Gasteiger charge is -2.09. The molecule has 4 heterocycles. The number of aliphatic hydroxyl groups is 1. The zero-order valence-corrected chi connectivity index (χ0v) is 17.2. The summed E-state index contributed by atoms with van der Waals surface area (Å²) >= 11 is 0. The van der Waals surface area contributed by atoms with Crippen LogP contribution in [0, 0.1) is 6.92 Å². The lowest BCUT2D eigenvalue weighted by molar-refractivity contribution is 0.168. The highest BCUT2D eigenvalue weighted by atomic mass is 16.5. The fraction of sp³-hybridized carbons (Fsp3) is 0.286. The van der Waals surface area contributed by atoms with E-state index in [1.165, 1.54) is 7.11 Å². The molecule has 1 atom stereocenters. The maximum Gasteiger partial charge on any atom is 0.256 e. The van der Waals surface area contributed by atoms with E-state index in [-0.39, 0.29) is 5.88 Å². The van der Waals surface area contributed by atoms with E-state index in [2.05, 4.69) is 10.1 Å². The minimum Gasteiger partial charge on any atom is -0.494 e. The number of aromatic nitrogens is 5. The number of hydrogen-bond acceptors (Lipinski definition) is 7. The molecule has 0 unspecified atom stereocenters.